The van der Waals surface area contributed by atoms with Crippen LogP contribution >= 0.6 is 15.9 Å². The molecular weight excluding hydrogens is 289 g/mol. The number of halogens is 4. The molecular formula is C10H8BrF3O2. The number of benzene rings is 1. The van der Waals surface area contributed by atoms with Crippen molar-refractivity contribution in [1.29, 1.82) is 0 Å². The summed E-state index contributed by atoms with van der Waals surface area (Å²) in [5.74, 6) is -0.378. The van der Waals surface area contributed by atoms with Gasteiger partial charge in [0, 0.05) is 10.9 Å². The minimum Gasteiger partial charge on any atom is -0.406 e. The number of ketones is 1. The Morgan fingerprint density at radius 2 is 2.06 bits per heavy atom. The molecule has 0 bridgehead atoms. The van der Waals surface area contributed by atoms with Crippen LogP contribution in [0.3, 0.4) is 0 Å². The molecule has 0 saturated carbocycles. The van der Waals surface area contributed by atoms with E-state index in [1.54, 1.807) is 0 Å². The van der Waals surface area contributed by atoms with Crippen molar-refractivity contribution in [2.45, 2.75) is 19.7 Å². The topological polar surface area (TPSA) is 26.3 Å². The van der Waals surface area contributed by atoms with E-state index in [1.807, 2.05) is 0 Å². The fourth-order valence-corrected chi connectivity index (χ4v) is 1.63. The lowest BCUT2D eigenvalue weighted by atomic mass is 10.1. The van der Waals surface area contributed by atoms with Gasteiger partial charge < -0.3 is 4.74 Å². The summed E-state index contributed by atoms with van der Waals surface area (Å²) >= 11 is 3.08. The maximum Gasteiger partial charge on any atom is 0.573 e. The predicted octanol–water partition coefficient (Wildman–Crippen LogP) is 3.48. The summed E-state index contributed by atoms with van der Waals surface area (Å²) in [4.78, 5) is 10.8. The first-order chi connectivity index (χ1) is 7.28. The Kier molecular flexibility index (Phi) is 3.96. The molecule has 1 rings (SSSR count). The SMILES string of the molecule is CC(=O)Cc1ccc(OC(F)(F)F)cc1Br. The van der Waals surface area contributed by atoms with E-state index in [4.69, 9.17) is 0 Å². The van der Waals surface area contributed by atoms with Gasteiger partial charge in [0.1, 0.15) is 11.5 Å². The molecule has 0 radical (unpaired) electrons. The zero-order valence-corrected chi connectivity index (χ0v) is 9.85. The minimum absolute atomic E-state index is 0.0646. The van der Waals surface area contributed by atoms with Crippen molar-refractivity contribution in [3.63, 3.8) is 0 Å². The third-order valence-corrected chi connectivity index (χ3v) is 2.44. The largest absolute Gasteiger partial charge is 0.573 e. The highest BCUT2D eigenvalue weighted by Crippen LogP contribution is 2.28. The average molecular weight is 297 g/mol. The van der Waals surface area contributed by atoms with Crippen molar-refractivity contribution in [2.24, 2.45) is 0 Å². The van der Waals surface area contributed by atoms with Crippen molar-refractivity contribution in [3.05, 3.63) is 28.2 Å². The lowest BCUT2D eigenvalue weighted by Gasteiger charge is -2.10. The van der Waals surface area contributed by atoms with Gasteiger partial charge in [-0.2, -0.15) is 0 Å². The molecule has 0 fully saturated rings. The number of hydrogen-bond acceptors (Lipinski definition) is 2. The van der Waals surface area contributed by atoms with E-state index < -0.39 is 6.36 Å². The Labute approximate surface area is 98.5 Å². The summed E-state index contributed by atoms with van der Waals surface area (Å²) in [5, 5.41) is 0. The van der Waals surface area contributed by atoms with E-state index in [2.05, 4.69) is 20.7 Å². The summed E-state index contributed by atoms with van der Waals surface area (Å²) in [6, 6.07) is 3.79. The van der Waals surface area contributed by atoms with Crippen LogP contribution in [0.2, 0.25) is 0 Å². The van der Waals surface area contributed by atoms with Crippen LogP contribution in [0.25, 0.3) is 0 Å². The van der Waals surface area contributed by atoms with Crippen LogP contribution in [0.4, 0.5) is 13.2 Å². The summed E-state index contributed by atoms with van der Waals surface area (Å²) in [6.07, 6.45) is -4.53. The summed E-state index contributed by atoms with van der Waals surface area (Å²) in [7, 11) is 0. The zero-order chi connectivity index (χ0) is 12.3. The maximum absolute atomic E-state index is 11.9. The first kappa shape index (κ1) is 13.0. The van der Waals surface area contributed by atoms with Gasteiger partial charge >= 0.3 is 6.36 Å². The van der Waals surface area contributed by atoms with Crippen LogP contribution in [0, 0.1) is 0 Å². The fraction of sp³-hybridized carbons (Fsp3) is 0.300. The molecule has 0 amide bonds. The monoisotopic (exact) mass is 296 g/mol. The highest BCUT2D eigenvalue weighted by atomic mass is 79.9. The van der Waals surface area contributed by atoms with Crippen molar-refractivity contribution < 1.29 is 22.7 Å². The molecule has 0 aliphatic carbocycles. The Bertz CT molecular complexity index is 402. The summed E-state index contributed by atoms with van der Waals surface area (Å²) in [5.41, 5.74) is 0.627. The van der Waals surface area contributed by atoms with Crippen LogP contribution in [0.5, 0.6) is 5.75 Å². The van der Waals surface area contributed by atoms with E-state index in [0.717, 1.165) is 0 Å². The molecule has 0 aliphatic heterocycles. The molecule has 0 unspecified atom stereocenters. The molecule has 16 heavy (non-hydrogen) atoms. The molecule has 0 saturated heterocycles. The normalized spacial score (nSPS) is 11.3. The second-order valence-electron chi connectivity index (χ2n) is 3.18. The van der Waals surface area contributed by atoms with E-state index >= 15 is 0 Å². The molecule has 0 spiro atoms. The summed E-state index contributed by atoms with van der Waals surface area (Å²) in [6.45, 7) is 1.41. The molecule has 6 heteroatoms. The van der Waals surface area contributed by atoms with Gasteiger partial charge in [-0.3, -0.25) is 4.79 Å². The Balaban J connectivity index is 2.87. The van der Waals surface area contributed by atoms with E-state index in [-0.39, 0.29) is 18.0 Å². The molecule has 0 N–H and O–H groups in total. The number of rotatable bonds is 3. The fourth-order valence-electron chi connectivity index (χ4n) is 1.14. The van der Waals surface area contributed by atoms with Crippen LogP contribution in [-0.2, 0) is 11.2 Å². The molecule has 2 nitrogen and oxygen atoms in total. The Morgan fingerprint density at radius 3 is 2.50 bits per heavy atom. The number of carbonyl (C=O) groups excluding carboxylic acids is 1. The first-order valence-corrected chi connectivity index (χ1v) is 5.11. The Morgan fingerprint density at radius 1 is 1.44 bits per heavy atom. The van der Waals surface area contributed by atoms with E-state index in [1.165, 1.54) is 25.1 Å². The van der Waals surface area contributed by atoms with E-state index in [0.29, 0.717) is 10.0 Å². The predicted molar refractivity (Wildman–Crippen MR) is 55.2 cm³/mol. The second-order valence-corrected chi connectivity index (χ2v) is 4.03. The van der Waals surface area contributed by atoms with Crippen molar-refractivity contribution in [1.82, 2.24) is 0 Å². The van der Waals surface area contributed by atoms with Gasteiger partial charge in [-0.15, -0.1) is 13.2 Å². The molecule has 0 heterocycles. The lowest BCUT2D eigenvalue weighted by Crippen LogP contribution is -2.17. The molecule has 0 aromatic heterocycles. The molecule has 0 aliphatic rings. The standard InChI is InChI=1S/C10H8BrF3O2/c1-6(15)4-7-2-3-8(5-9(7)11)16-10(12,13)14/h2-3,5H,4H2,1H3. The molecule has 1 aromatic carbocycles. The van der Waals surface area contributed by atoms with Gasteiger partial charge in [-0.05, 0) is 24.6 Å². The smallest absolute Gasteiger partial charge is 0.406 e. The van der Waals surface area contributed by atoms with Gasteiger partial charge in [0.2, 0.25) is 0 Å². The van der Waals surface area contributed by atoms with Gasteiger partial charge in [-0.25, -0.2) is 0 Å². The number of ether oxygens (including phenoxy) is 1. The highest BCUT2D eigenvalue weighted by molar-refractivity contribution is 9.10. The van der Waals surface area contributed by atoms with Crippen molar-refractivity contribution >= 4 is 21.7 Å². The van der Waals surface area contributed by atoms with Crippen LogP contribution in [-0.4, -0.2) is 12.1 Å². The van der Waals surface area contributed by atoms with Crippen molar-refractivity contribution in [3.8, 4) is 5.75 Å². The van der Waals surface area contributed by atoms with Crippen LogP contribution in [0.15, 0.2) is 22.7 Å². The van der Waals surface area contributed by atoms with Crippen LogP contribution < -0.4 is 4.74 Å². The number of alkyl halides is 3. The Hall–Kier alpha value is -1.04. The van der Waals surface area contributed by atoms with Crippen LogP contribution in [0.1, 0.15) is 12.5 Å². The lowest BCUT2D eigenvalue weighted by molar-refractivity contribution is -0.274. The maximum atomic E-state index is 11.9. The van der Waals surface area contributed by atoms with Gasteiger partial charge in [0.25, 0.3) is 0 Å². The average Bonchev–Trinajstić information content (AvgIpc) is 2.06. The van der Waals surface area contributed by atoms with E-state index in [9.17, 15) is 18.0 Å². The molecule has 0 atom stereocenters. The summed E-state index contributed by atoms with van der Waals surface area (Å²) < 4.78 is 39.8. The van der Waals surface area contributed by atoms with Crippen molar-refractivity contribution in [2.75, 3.05) is 0 Å². The number of hydrogen-bond donors (Lipinski definition) is 0. The van der Waals surface area contributed by atoms with Gasteiger partial charge in [-0.1, -0.05) is 22.0 Å². The minimum atomic E-state index is -4.71. The number of carbonyl (C=O) groups is 1. The van der Waals surface area contributed by atoms with Gasteiger partial charge in [0.15, 0.2) is 0 Å². The highest BCUT2D eigenvalue weighted by Gasteiger charge is 2.31. The quantitative estimate of drug-likeness (QED) is 0.854. The molecule has 88 valence electrons. The van der Waals surface area contributed by atoms with Gasteiger partial charge in [0.05, 0.1) is 0 Å². The third kappa shape index (κ3) is 4.22. The second kappa shape index (κ2) is 4.86. The number of Topliss-reactive ketones (excluding diaryl/α,β-unsaturated/α-hetero) is 1. The zero-order valence-electron chi connectivity index (χ0n) is 8.27. The first-order valence-electron chi connectivity index (χ1n) is 4.31. The molecule has 1 aromatic rings. The third-order valence-electron chi connectivity index (χ3n) is 1.70.